The van der Waals surface area contributed by atoms with Crippen LogP contribution in [0.5, 0.6) is 0 Å². The molecule has 5 rings (SSSR count). The zero-order valence-electron chi connectivity index (χ0n) is 16.8. The van der Waals surface area contributed by atoms with E-state index >= 15 is 0 Å². The van der Waals surface area contributed by atoms with E-state index < -0.39 is 10.0 Å². The van der Waals surface area contributed by atoms with Gasteiger partial charge in [-0.3, -0.25) is 4.98 Å². The van der Waals surface area contributed by atoms with Crippen LogP contribution in [0.2, 0.25) is 0 Å². The molecule has 1 aliphatic rings. The molecule has 0 spiro atoms. The smallest absolute Gasteiger partial charge is 0.243 e. The molecule has 31 heavy (non-hydrogen) atoms. The lowest BCUT2D eigenvalue weighted by atomic mass is 10.2. The normalized spacial score (nSPS) is 15.3. The first-order valence-corrected chi connectivity index (χ1v) is 11.5. The minimum Gasteiger partial charge on any atom is -0.353 e. The molecule has 0 bridgehead atoms. The molecule has 1 aliphatic heterocycles. The lowest BCUT2D eigenvalue weighted by Crippen LogP contribution is -2.49. The van der Waals surface area contributed by atoms with Gasteiger partial charge in [0.25, 0.3) is 0 Å². The van der Waals surface area contributed by atoms with E-state index in [9.17, 15) is 8.42 Å². The number of anilines is 1. The Labute approximate surface area is 181 Å². The number of pyridine rings is 1. The molecule has 0 atom stereocenters. The SMILES string of the molecule is O=S(=O)(c1ccccc1)N1CCN(c2nc(-c3cccnc3)nc3ccccc23)CC1. The molecule has 0 N–H and O–H groups in total. The van der Waals surface area contributed by atoms with E-state index in [1.54, 1.807) is 41.0 Å². The molecule has 0 saturated carbocycles. The number of nitrogens with zero attached hydrogens (tertiary/aromatic N) is 5. The van der Waals surface area contributed by atoms with Crippen molar-refractivity contribution in [2.45, 2.75) is 4.90 Å². The Morgan fingerprint density at radius 3 is 2.26 bits per heavy atom. The van der Waals surface area contributed by atoms with Gasteiger partial charge in [-0.1, -0.05) is 30.3 Å². The number of sulfonamides is 1. The van der Waals surface area contributed by atoms with Crippen molar-refractivity contribution in [2.24, 2.45) is 0 Å². The first-order valence-electron chi connectivity index (χ1n) is 10.1. The van der Waals surface area contributed by atoms with Gasteiger partial charge in [-0.2, -0.15) is 4.31 Å². The second-order valence-electron chi connectivity index (χ2n) is 7.33. The van der Waals surface area contributed by atoms with Crippen LogP contribution < -0.4 is 4.90 Å². The van der Waals surface area contributed by atoms with Crippen molar-refractivity contribution >= 4 is 26.7 Å². The van der Waals surface area contributed by atoms with Crippen molar-refractivity contribution in [2.75, 3.05) is 31.1 Å². The van der Waals surface area contributed by atoms with Gasteiger partial charge in [-0.15, -0.1) is 0 Å². The van der Waals surface area contributed by atoms with Gasteiger partial charge < -0.3 is 4.90 Å². The van der Waals surface area contributed by atoms with Crippen LogP contribution >= 0.6 is 0 Å². The molecule has 7 nitrogen and oxygen atoms in total. The minimum absolute atomic E-state index is 0.329. The van der Waals surface area contributed by atoms with E-state index in [2.05, 4.69) is 9.88 Å². The Hall–Kier alpha value is -3.36. The van der Waals surface area contributed by atoms with Gasteiger partial charge in [-0.05, 0) is 36.4 Å². The van der Waals surface area contributed by atoms with Crippen LogP contribution in [0, 0.1) is 0 Å². The summed E-state index contributed by atoms with van der Waals surface area (Å²) in [6, 6.07) is 20.3. The molecule has 156 valence electrons. The first-order chi connectivity index (χ1) is 15.1. The maximum absolute atomic E-state index is 13.0. The van der Waals surface area contributed by atoms with E-state index in [-0.39, 0.29) is 0 Å². The predicted molar refractivity (Wildman–Crippen MR) is 120 cm³/mol. The lowest BCUT2D eigenvalue weighted by Gasteiger charge is -2.35. The topological polar surface area (TPSA) is 79.3 Å². The quantitative estimate of drug-likeness (QED) is 0.494. The van der Waals surface area contributed by atoms with Crippen molar-refractivity contribution in [1.29, 1.82) is 0 Å². The summed E-state index contributed by atoms with van der Waals surface area (Å²) in [5.74, 6) is 1.43. The van der Waals surface area contributed by atoms with Crippen LogP contribution in [0.4, 0.5) is 5.82 Å². The van der Waals surface area contributed by atoms with Crippen molar-refractivity contribution < 1.29 is 8.42 Å². The monoisotopic (exact) mass is 431 g/mol. The highest BCUT2D eigenvalue weighted by Gasteiger charge is 2.29. The van der Waals surface area contributed by atoms with E-state index in [1.165, 1.54) is 0 Å². The van der Waals surface area contributed by atoms with Crippen LogP contribution in [0.15, 0.2) is 84.0 Å². The fourth-order valence-electron chi connectivity index (χ4n) is 3.81. The zero-order valence-corrected chi connectivity index (χ0v) is 17.6. The highest BCUT2D eigenvalue weighted by Crippen LogP contribution is 2.29. The Kier molecular flexibility index (Phi) is 5.09. The molecule has 1 fully saturated rings. The molecule has 8 heteroatoms. The van der Waals surface area contributed by atoms with Crippen molar-refractivity contribution in [3.63, 3.8) is 0 Å². The average Bonchev–Trinajstić information content (AvgIpc) is 2.84. The Morgan fingerprint density at radius 2 is 1.52 bits per heavy atom. The van der Waals surface area contributed by atoms with E-state index in [0.29, 0.717) is 36.9 Å². The van der Waals surface area contributed by atoms with Crippen LogP contribution in [0.25, 0.3) is 22.3 Å². The number of hydrogen-bond acceptors (Lipinski definition) is 6. The second kappa shape index (κ2) is 8.05. The molecule has 1 saturated heterocycles. The maximum Gasteiger partial charge on any atom is 0.243 e. The van der Waals surface area contributed by atoms with E-state index in [1.807, 2.05) is 42.5 Å². The van der Waals surface area contributed by atoms with Crippen molar-refractivity contribution in [3.05, 3.63) is 79.1 Å². The highest BCUT2D eigenvalue weighted by molar-refractivity contribution is 7.89. The second-order valence-corrected chi connectivity index (χ2v) is 9.27. The molecule has 4 aromatic rings. The van der Waals surface area contributed by atoms with E-state index in [4.69, 9.17) is 9.97 Å². The van der Waals surface area contributed by atoms with Gasteiger partial charge in [0, 0.05) is 49.5 Å². The number of para-hydroxylation sites is 1. The van der Waals surface area contributed by atoms with Crippen LogP contribution in [0.1, 0.15) is 0 Å². The summed E-state index contributed by atoms with van der Waals surface area (Å²) in [5.41, 5.74) is 1.70. The summed E-state index contributed by atoms with van der Waals surface area (Å²) in [6.45, 7) is 1.91. The maximum atomic E-state index is 13.0. The molecule has 2 aromatic heterocycles. The van der Waals surface area contributed by atoms with Crippen LogP contribution in [-0.2, 0) is 10.0 Å². The number of aromatic nitrogens is 3. The summed E-state index contributed by atoms with van der Waals surface area (Å²) >= 11 is 0. The largest absolute Gasteiger partial charge is 0.353 e. The number of piperazine rings is 1. The third-order valence-corrected chi connectivity index (χ3v) is 7.33. The zero-order chi connectivity index (χ0) is 21.3. The number of hydrogen-bond donors (Lipinski definition) is 0. The molecule has 0 amide bonds. The van der Waals surface area contributed by atoms with Gasteiger partial charge in [-0.25, -0.2) is 18.4 Å². The Morgan fingerprint density at radius 1 is 0.774 bits per heavy atom. The van der Waals surface area contributed by atoms with Gasteiger partial charge in [0.2, 0.25) is 10.0 Å². The van der Waals surface area contributed by atoms with Gasteiger partial charge in [0.05, 0.1) is 10.4 Å². The molecule has 0 unspecified atom stereocenters. The number of fused-ring (bicyclic) bond motifs is 1. The standard InChI is InChI=1S/C23H21N5O2S/c29-31(30,19-8-2-1-3-9-19)28-15-13-27(14-16-28)23-20-10-4-5-11-21(20)25-22(26-23)18-7-6-12-24-17-18/h1-12,17H,13-16H2. The summed E-state index contributed by atoms with van der Waals surface area (Å²) < 4.78 is 27.5. The molecule has 3 heterocycles. The number of benzene rings is 2. The number of rotatable bonds is 4. The van der Waals surface area contributed by atoms with Crippen molar-refractivity contribution in [3.8, 4) is 11.4 Å². The van der Waals surface area contributed by atoms with Crippen LogP contribution in [0.3, 0.4) is 0 Å². The molecule has 0 radical (unpaired) electrons. The molecule has 2 aromatic carbocycles. The third-order valence-electron chi connectivity index (χ3n) is 5.42. The van der Waals surface area contributed by atoms with Crippen LogP contribution in [-0.4, -0.2) is 53.9 Å². The van der Waals surface area contributed by atoms with Gasteiger partial charge in [0.15, 0.2) is 5.82 Å². The Bertz CT molecular complexity index is 1310. The summed E-state index contributed by atoms with van der Waals surface area (Å²) in [7, 11) is -3.50. The average molecular weight is 432 g/mol. The summed E-state index contributed by atoms with van der Waals surface area (Å²) in [5, 5.41) is 0.953. The molecule has 0 aliphatic carbocycles. The van der Waals surface area contributed by atoms with Gasteiger partial charge >= 0.3 is 0 Å². The Balaban J connectivity index is 1.46. The summed E-state index contributed by atoms with van der Waals surface area (Å²) in [6.07, 6.45) is 3.47. The highest BCUT2D eigenvalue weighted by atomic mass is 32.2. The third kappa shape index (κ3) is 3.75. The summed E-state index contributed by atoms with van der Waals surface area (Å²) in [4.78, 5) is 16.2. The minimum atomic E-state index is -3.50. The van der Waals surface area contributed by atoms with Crippen molar-refractivity contribution in [1.82, 2.24) is 19.3 Å². The lowest BCUT2D eigenvalue weighted by molar-refractivity contribution is 0.384. The fraction of sp³-hybridized carbons (Fsp3) is 0.174. The molecular weight excluding hydrogens is 410 g/mol. The first kappa shape index (κ1) is 19.6. The van der Waals surface area contributed by atoms with Gasteiger partial charge in [0.1, 0.15) is 5.82 Å². The molecular formula is C23H21N5O2S. The fourth-order valence-corrected chi connectivity index (χ4v) is 5.25. The van der Waals surface area contributed by atoms with E-state index in [0.717, 1.165) is 22.3 Å². The predicted octanol–water partition coefficient (Wildman–Crippen LogP) is 3.20.